The number of fused-ring (bicyclic) bond motifs is 1. The van der Waals surface area contributed by atoms with Crippen LogP contribution in [-0.4, -0.2) is 61.0 Å². The minimum Gasteiger partial charge on any atom is -0.381 e. The van der Waals surface area contributed by atoms with Gasteiger partial charge in [0.1, 0.15) is 0 Å². The summed E-state index contributed by atoms with van der Waals surface area (Å²) in [6.45, 7) is 4.72. The van der Waals surface area contributed by atoms with E-state index in [4.69, 9.17) is 9.47 Å². The molecule has 0 bridgehead atoms. The van der Waals surface area contributed by atoms with Crippen LogP contribution in [0.4, 0.5) is 0 Å². The molecule has 2 aliphatic heterocycles. The van der Waals surface area contributed by atoms with Crippen molar-refractivity contribution in [2.24, 2.45) is 5.92 Å². The highest BCUT2D eigenvalue weighted by Crippen LogP contribution is 2.41. The third-order valence-electron chi connectivity index (χ3n) is 4.50. The van der Waals surface area contributed by atoms with E-state index in [0.29, 0.717) is 5.92 Å². The van der Waals surface area contributed by atoms with Crippen molar-refractivity contribution in [1.29, 1.82) is 0 Å². The molecular formula is C15H27NO2S2. The van der Waals surface area contributed by atoms with Crippen molar-refractivity contribution >= 4 is 23.5 Å². The SMILES string of the molecule is C(CNC1CCC2SCCSC12)COCC1CCOC1. The van der Waals surface area contributed by atoms with E-state index in [-0.39, 0.29) is 0 Å². The van der Waals surface area contributed by atoms with Crippen molar-refractivity contribution in [2.45, 2.75) is 42.2 Å². The lowest BCUT2D eigenvalue weighted by Crippen LogP contribution is -2.39. The largest absolute Gasteiger partial charge is 0.381 e. The van der Waals surface area contributed by atoms with Crippen LogP contribution in [0.2, 0.25) is 0 Å². The van der Waals surface area contributed by atoms with Crippen LogP contribution >= 0.6 is 23.5 Å². The molecule has 2 heterocycles. The van der Waals surface area contributed by atoms with Gasteiger partial charge in [-0.3, -0.25) is 0 Å². The van der Waals surface area contributed by atoms with Gasteiger partial charge in [0.05, 0.1) is 13.2 Å². The molecule has 1 saturated carbocycles. The van der Waals surface area contributed by atoms with Gasteiger partial charge in [-0.25, -0.2) is 0 Å². The van der Waals surface area contributed by atoms with Crippen LogP contribution < -0.4 is 5.32 Å². The normalized spacial score (nSPS) is 37.2. The summed E-state index contributed by atoms with van der Waals surface area (Å²) in [4.78, 5) is 0. The lowest BCUT2D eigenvalue weighted by Gasteiger charge is -2.28. The van der Waals surface area contributed by atoms with Gasteiger partial charge in [-0.1, -0.05) is 0 Å². The predicted molar refractivity (Wildman–Crippen MR) is 87.9 cm³/mol. The average Bonchev–Trinajstić information content (AvgIpc) is 3.12. The fourth-order valence-electron chi connectivity index (χ4n) is 3.36. The van der Waals surface area contributed by atoms with E-state index in [0.717, 1.165) is 55.9 Å². The Morgan fingerprint density at radius 3 is 3.00 bits per heavy atom. The predicted octanol–water partition coefficient (Wildman–Crippen LogP) is 2.40. The Bertz CT molecular complexity index is 287. The molecule has 3 fully saturated rings. The van der Waals surface area contributed by atoms with Crippen LogP contribution in [0.25, 0.3) is 0 Å². The standard InChI is InChI=1S/C15H27NO2S2/c1(6-17-10-12-4-7-18-11-12)5-16-13-2-3-14-15(13)20-9-8-19-14/h12-16H,1-11H2. The van der Waals surface area contributed by atoms with Crippen LogP contribution in [0, 0.1) is 5.92 Å². The molecule has 0 radical (unpaired) electrons. The molecule has 2 saturated heterocycles. The van der Waals surface area contributed by atoms with E-state index in [1.807, 2.05) is 0 Å². The Balaban J connectivity index is 1.23. The molecule has 4 atom stereocenters. The molecule has 1 aliphatic carbocycles. The molecule has 116 valence electrons. The maximum Gasteiger partial charge on any atom is 0.0517 e. The molecule has 3 rings (SSSR count). The first-order valence-corrected chi connectivity index (χ1v) is 10.2. The van der Waals surface area contributed by atoms with Gasteiger partial charge in [0.25, 0.3) is 0 Å². The van der Waals surface area contributed by atoms with E-state index < -0.39 is 0 Å². The molecule has 0 aromatic rings. The molecule has 3 aliphatic rings. The second-order valence-electron chi connectivity index (χ2n) is 6.04. The van der Waals surface area contributed by atoms with E-state index in [9.17, 15) is 0 Å². The molecular weight excluding hydrogens is 290 g/mol. The molecule has 0 aromatic heterocycles. The summed E-state index contributed by atoms with van der Waals surface area (Å²) in [5, 5.41) is 5.56. The Kier molecular flexibility index (Phi) is 6.40. The Morgan fingerprint density at radius 2 is 2.10 bits per heavy atom. The first-order chi connectivity index (χ1) is 9.93. The minimum absolute atomic E-state index is 0.647. The number of rotatable bonds is 7. The summed E-state index contributed by atoms with van der Waals surface area (Å²) in [5.74, 6) is 3.35. The van der Waals surface area contributed by atoms with Crippen LogP contribution in [0.5, 0.6) is 0 Å². The van der Waals surface area contributed by atoms with Gasteiger partial charge in [0.2, 0.25) is 0 Å². The number of ether oxygens (including phenoxy) is 2. The fraction of sp³-hybridized carbons (Fsp3) is 1.00. The van der Waals surface area contributed by atoms with E-state index >= 15 is 0 Å². The van der Waals surface area contributed by atoms with E-state index in [1.54, 1.807) is 0 Å². The zero-order valence-corrected chi connectivity index (χ0v) is 13.9. The van der Waals surface area contributed by atoms with Crippen molar-refractivity contribution in [3.63, 3.8) is 0 Å². The minimum atomic E-state index is 0.647. The maximum absolute atomic E-state index is 5.76. The van der Waals surface area contributed by atoms with Crippen molar-refractivity contribution < 1.29 is 9.47 Å². The smallest absolute Gasteiger partial charge is 0.0517 e. The van der Waals surface area contributed by atoms with Gasteiger partial charge in [-0.15, -0.1) is 0 Å². The molecule has 0 aromatic carbocycles. The second kappa shape index (κ2) is 8.28. The summed E-state index contributed by atoms with van der Waals surface area (Å²) >= 11 is 4.40. The molecule has 0 spiro atoms. The summed E-state index contributed by atoms with van der Waals surface area (Å²) in [6.07, 6.45) is 5.10. The maximum atomic E-state index is 5.76. The lowest BCUT2D eigenvalue weighted by atomic mass is 10.1. The quantitative estimate of drug-likeness (QED) is 0.729. The zero-order chi connectivity index (χ0) is 13.6. The van der Waals surface area contributed by atoms with Crippen LogP contribution in [0.15, 0.2) is 0 Å². The Labute approximate surface area is 131 Å². The third-order valence-corrected chi connectivity index (χ3v) is 7.81. The van der Waals surface area contributed by atoms with Crippen molar-refractivity contribution in [3.05, 3.63) is 0 Å². The van der Waals surface area contributed by atoms with Gasteiger partial charge in [0, 0.05) is 47.2 Å². The zero-order valence-electron chi connectivity index (χ0n) is 12.2. The van der Waals surface area contributed by atoms with Gasteiger partial charge >= 0.3 is 0 Å². The summed E-state index contributed by atoms with van der Waals surface area (Å²) in [6, 6.07) is 0.751. The number of thioether (sulfide) groups is 2. The monoisotopic (exact) mass is 317 g/mol. The number of nitrogens with one attached hydrogen (secondary N) is 1. The Morgan fingerprint density at radius 1 is 1.15 bits per heavy atom. The van der Waals surface area contributed by atoms with Crippen LogP contribution in [-0.2, 0) is 9.47 Å². The average molecular weight is 318 g/mol. The van der Waals surface area contributed by atoms with Crippen molar-refractivity contribution in [2.75, 3.05) is 44.5 Å². The van der Waals surface area contributed by atoms with E-state index in [1.165, 1.54) is 30.8 Å². The highest BCUT2D eigenvalue weighted by Gasteiger charge is 2.38. The topological polar surface area (TPSA) is 30.5 Å². The highest BCUT2D eigenvalue weighted by atomic mass is 32.2. The third kappa shape index (κ3) is 4.29. The van der Waals surface area contributed by atoms with Crippen molar-refractivity contribution in [3.8, 4) is 0 Å². The Hall–Kier alpha value is 0.580. The summed E-state index contributed by atoms with van der Waals surface area (Å²) < 4.78 is 11.1. The van der Waals surface area contributed by atoms with Gasteiger partial charge in [-0.05, 0) is 32.2 Å². The highest BCUT2D eigenvalue weighted by molar-refractivity contribution is 8.07. The molecule has 5 heteroatoms. The van der Waals surface area contributed by atoms with Crippen LogP contribution in [0.3, 0.4) is 0 Å². The first-order valence-electron chi connectivity index (χ1n) is 8.05. The van der Waals surface area contributed by atoms with E-state index in [2.05, 4.69) is 28.8 Å². The number of hydrogen-bond acceptors (Lipinski definition) is 5. The fourth-order valence-corrected chi connectivity index (χ4v) is 6.68. The first kappa shape index (κ1) is 15.5. The second-order valence-corrected chi connectivity index (χ2v) is 8.67. The van der Waals surface area contributed by atoms with Gasteiger partial charge in [0.15, 0.2) is 0 Å². The lowest BCUT2D eigenvalue weighted by molar-refractivity contribution is 0.0880. The van der Waals surface area contributed by atoms with Gasteiger partial charge < -0.3 is 14.8 Å². The molecule has 1 N–H and O–H groups in total. The van der Waals surface area contributed by atoms with Crippen molar-refractivity contribution in [1.82, 2.24) is 5.32 Å². The van der Waals surface area contributed by atoms with Crippen LogP contribution in [0.1, 0.15) is 25.7 Å². The number of hydrogen-bond donors (Lipinski definition) is 1. The molecule has 20 heavy (non-hydrogen) atoms. The summed E-state index contributed by atoms with van der Waals surface area (Å²) in [7, 11) is 0. The molecule has 4 unspecified atom stereocenters. The molecule has 0 amide bonds. The summed E-state index contributed by atoms with van der Waals surface area (Å²) in [5.41, 5.74) is 0. The van der Waals surface area contributed by atoms with Gasteiger partial charge in [-0.2, -0.15) is 23.5 Å². The molecule has 3 nitrogen and oxygen atoms in total.